The lowest BCUT2D eigenvalue weighted by molar-refractivity contribution is 0.101. The number of hydrogen-bond donors (Lipinski definition) is 0. The van der Waals surface area contributed by atoms with Crippen LogP contribution in [0, 0.1) is 0 Å². The highest BCUT2D eigenvalue weighted by molar-refractivity contribution is 14.1. The average molecular weight is 403 g/mol. The first kappa shape index (κ1) is 13.1. The van der Waals surface area contributed by atoms with Crippen molar-refractivity contribution in [2.45, 2.75) is 1.66 Å². The van der Waals surface area contributed by atoms with E-state index in [9.17, 15) is 13.2 Å². The third-order valence-electron chi connectivity index (χ3n) is 1.77. The van der Waals surface area contributed by atoms with Gasteiger partial charge in [0.1, 0.15) is 0 Å². The summed E-state index contributed by atoms with van der Waals surface area (Å²) in [5.74, 6) is -0.466. The number of ketones is 1. The van der Waals surface area contributed by atoms with Gasteiger partial charge in [-0.25, -0.2) is 8.42 Å². The van der Waals surface area contributed by atoms with E-state index in [-0.39, 0.29) is 0 Å². The highest BCUT2D eigenvalue weighted by atomic mass is 127. The molecule has 3 nitrogen and oxygen atoms in total. The van der Waals surface area contributed by atoms with E-state index in [2.05, 4.69) is 15.9 Å². The van der Waals surface area contributed by atoms with Crippen molar-refractivity contribution in [3.63, 3.8) is 0 Å². The Morgan fingerprint density at radius 2 is 1.80 bits per heavy atom. The second-order valence-corrected chi connectivity index (χ2v) is 10.7. The summed E-state index contributed by atoms with van der Waals surface area (Å²) in [5.41, 5.74) is 0.370. The van der Waals surface area contributed by atoms with Crippen LogP contribution in [0.25, 0.3) is 0 Å². The van der Waals surface area contributed by atoms with Crippen molar-refractivity contribution in [2.75, 3.05) is 6.26 Å². The van der Waals surface area contributed by atoms with Gasteiger partial charge in [0, 0.05) is 11.8 Å². The van der Waals surface area contributed by atoms with Crippen molar-refractivity contribution >= 4 is 54.1 Å². The Morgan fingerprint density at radius 3 is 2.20 bits per heavy atom. The molecule has 0 N–H and O–H groups in total. The molecule has 0 heterocycles. The van der Waals surface area contributed by atoms with Gasteiger partial charge >= 0.3 is 0 Å². The highest BCUT2D eigenvalue weighted by Crippen LogP contribution is 2.36. The number of Topliss-reactive ketones (excluding diaryl/α,β-unsaturated/α-hetero) is 1. The lowest BCUT2D eigenvalue weighted by Crippen LogP contribution is -2.33. The van der Waals surface area contributed by atoms with Gasteiger partial charge in [0.15, 0.2) is 9.84 Å². The summed E-state index contributed by atoms with van der Waals surface area (Å²) >= 11 is 4.54. The van der Waals surface area contributed by atoms with Gasteiger partial charge < -0.3 is 0 Å². The number of halogens is 2. The van der Waals surface area contributed by atoms with Crippen LogP contribution < -0.4 is 0 Å². The smallest absolute Gasteiger partial charge is 0.238 e. The van der Waals surface area contributed by atoms with E-state index in [0.29, 0.717) is 5.56 Å². The molecule has 0 saturated carbocycles. The van der Waals surface area contributed by atoms with Crippen molar-refractivity contribution < 1.29 is 13.2 Å². The number of carbonyl (C=O) groups excluding carboxylic acids is 1. The Hall–Kier alpha value is 0.0500. The van der Waals surface area contributed by atoms with Gasteiger partial charge in [0.25, 0.3) is 0 Å². The fourth-order valence-electron chi connectivity index (χ4n) is 0.926. The van der Waals surface area contributed by atoms with E-state index in [1.165, 1.54) is 0 Å². The highest BCUT2D eigenvalue weighted by Gasteiger charge is 2.43. The standard InChI is InChI=1S/C9H8BrIO3S/c1-15(13,14)9(10,11)8(12)7-5-3-2-4-6-7/h2-6H,1H3/t9-/m1/s1. The molecule has 15 heavy (non-hydrogen) atoms. The topological polar surface area (TPSA) is 51.2 Å². The summed E-state index contributed by atoms with van der Waals surface area (Å²) in [6.07, 6.45) is 1.02. The molecule has 0 bridgehead atoms. The lowest BCUT2D eigenvalue weighted by Gasteiger charge is -2.16. The molecule has 0 aliphatic carbocycles. The molecule has 0 spiro atoms. The van der Waals surface area contributed by atoms with E-state index in [1.54, 1.807) is 52.9 Å². The molecule has 1 atom stereocenters. The zero-order chi connectivity index (χ0) is 11.7. The van der Waals surface area contributed by atoms with Crippen LogP contribution in [0.3, 0.4) is 0 Å². The SMILES string of the molecule is CS(=O)(=O)[C@](Br)(I)C(=O)c1ccccc1. The largest absolute Gasteiger partial charge is 0.290 e. The van der Waals surface area contributed by atoms with Gasteiger partial charge in [0.05, 0.1) is 0 Å². The third kappa shape index (κ3) is 2.79. The number of sulfone groups is 1. The average Bonchev–Trinajstić information content (AvgIpc) is 2.16. The van der Waals surface area contributed by atoms with E-state index in [1.807, 2.05) is 0 Å². The summed E-state index contributed by atoms with van der Waals surface area (Å²) in [5, 5.41) is 0. The fraction of sp³-hybridized carbons (Fsp3) is 0.222. The van der Waals surface area contributed by atoms with E-state index >= 15 is 0 Å². The molecule has 6 heteroatoms. The quantitative estimate of drug-likeness (QED) is 0.443. The summed E-state index contributed by atoms with van der Waals surface area (Å²) in [7, 11) is -3.50. The van der Waals surface area contributed by atoms with E-state index in [4.69, 9.17) is 0 Å². The van der Waals surface area contributed by atoms with Crippen LogP contribution in [-0.2, 0) is 9.84 Å². The summed E-state index contributed by atoms with van der Waals surface area (Å²) in [6.45, 7) is 0. The Morgan fingerprint density at radius 1 is 1.33 bits per heavy atom. The minimum absolute atomic E-state index is 0.370. The van der Waals surface area contributed by atoms with Crippen LogP contribution in [-0.4, -0.2) is 22.1 Å². The summed E-state index contributed by atoms with van der Waals surface area (Å²) in [4.78, 5) is 11.9. The first-order chi connectivity index (χ1) is 6.77. The predicted molar refractivity (Wildman–Crippen MR) is 71.3 cm³/mol. The van der Waals surface area contributed by atoms with Crippen molar-refractivity contribution in [3.8, 4) is 0 Å². The van der Waals surface area contributed by atoms with E-state index < -0.39 is 17.3 Å². The molecule has 0 unspecified atom stereocenters. The first-order valence-corrected chi connectivity index (χ1v) is 7.70. The van der Waals surface area contributed by atoms with Gasteiger partial charge in [-0.1, -0.05) is 30.3 Å². The van der Waals surface area contributed by atoms with Crippen LogP contribution in [0.5, 0.6) is 0 Å². The third-order valence-corrected chi connectivity index (χ3v) is 7.90. The first-order valence-electron chi connectivity index (χ1n) is 3.94. The van der Waals surface area contributed by atoms with Crippen LogP contribution in [0.15, 0.2) is 30.3 Å². The maximum absolute atomic E-state index is 11.9. The molecule has 1 aromatic carbocycles. The van der Waals surface area contributed by atoms with Crippen LogP contribution in [0.1, 0.15) is 10.4 Å². The molecule has 0 aliphatic heterocycles. The van der Waals surface area contributed by atoms with Crippen molar-refractivity contribution in [2.24, 2.45) is 0 Å². The normalized spacial score (nSPS) is 15.7. The van der Waals surface area contributed by atoms with Gasteiger partial charge in [-0.05, 0) is 38.5 Å². The second-order valence-electron chi connectivity index (χ2n) is 2.98. The zero-order valence-corrected chi connectivity index (χ0v) is 12.3. The Labute approximate surface area is 110 Å². The Kier molecular flexibility index (Phi) is 3.94. The number of rotatable bonds is 3. The number of hydrogen-bond acceptors (Lipinski definition) is 3. The van der Waals surface area contributed by atoms with Gasteiger partial charge in [-0.15, -0.1) is 0 Å². The minimum atomic E-state index is -3.50. The molecular weight excluding hydrogens is 395 g/mol. The molecule has 82 valence electrons. The molecule has 0 aromatic heterocycles. The van der Waals surface area contributed by atoms with Gasteiger partial charge in [-0.3, -0.25) is 4.79 Å². The van der Waals surface area contributed by atoms with Gasteiger partial charge in [0.2, 0.25) is 7.45 Å². The lowest BCUT2D eigenvalue weighted by atomic mass is 10.2. The van der Waals surface area contributed by atoms with E-state index in [0.717, 1.165) is 6.26 Å². The molecule has 1 rings (SSSR count). The van der Waals surface area contributed by atoms with Crippen LogP contribution >= 0.6 is 38.5 Å². The van der Waals surface area contributed by atoms with Crippen molar-refractivity contribution in [1.82, 2.24) is 0 Å². The maximum atomic E-state index is 11.9. The molecule has 0 radical (unpaired) electrons. The number of benzene rings is 1. The van der Waals surface area contributed by atoms with Crippen molar-refractivity contribution in [1.29, 1.82) is 0 Å². The van der Waals surface area contributed by atoms with Crippen LogP contribution in [0.2, 0.25) is 0 Å². The molecule has 0 amide bonds. The summed E-state index contributed by atoms with van der Waals surface area (Å²) in [6, 6.07) is 8.31. The second kappa shape index (κ2) is 4.50. The summed E-state index contributed by atoms with van der Waals surface area (Å²) < 4.78 is 21.2. The maximum Gasteiger partial charge on any atom is 0.238 e. The fourth-order valence-corrected chi connectivity index (χ4v) is 1.92. The zero-order valence-electron chi connectivity index (χ0n) is 7.78. The minimum Gasteiger partial charge on any atom is -0.290 e. The number of carbonyl (C=O) groups is 1. The molecule has 0 saturated heterocycles. The van der Waals surface area contributed by atoms with Gasteiger partial charge in [-0.2, -0.15) is 0 Å². The molecule has 1 aromatic rings. The van der Waals surface area contributed by atoms with Crippen LogP contribution in [0.4, 0.5) is 0 Å². The van der Waals surface area contributed by atoms with Crippen molar-refractivity contribution in [3.05, 3.63) is 35.9 Å². The molecule has 0 fully saturated rings. The predicted octanol–water partition coefficient (Wildman–Crippen LogP) is 2.40. The molecular formula is C9H8BrIO3S. The monoisotopic (exact) mass is 402 g/mol. The Bertz CT molecular complexity index is 467. The Balaban J connectivity index is 3.17. The number of alkyl halides is 2. The molecule has 0 aliphatic rings.